The Morgan fingerprint density at radius 1 is 0.468 bits per heavy atom. The van der Waals surface area contributed by atoms with Crippen molar-refractivity contribution in [2.45, 2.75) is 57.8 Å². The molecule has 9 rings (SSSR count). The van der Waals surface area contributed by atoms with E-state index in [4.69, 9.17) is 0 Å². The van der Waals surface area contributed by atoms with Crippen LogP contribution >= 0.6 is 22.7 Å². The Morgan fingerprint density at radius 2 is 0.787 bits per heavy atom. The van der Waals surface area contributed by atoms with E-state index in [-0.39, 0.29) is 39.7 Å². The highest BCUT2D eigenvalue weighted by molar-refractivity contribution is 7.23. The number of hydrogen-bond donors (Lipinski definition) is 0. The molecule has 0 bridgehead atoms. The minimum absolute atomic E-state index is 0.203. The van der Waals surface area contributed by atoms with Crippen LogP contribution in [-0.2, 0) is 16.2 Å². The van der Waals surface area contributed by atoms with Gasteiger partial charge in [-0.25, -0.2) is 0 Å². The lowest BCUT2D eigenvalue weighted by Gasteiger charge is -2.32. The highest BCUT2D eigenvalue weighted by atomic mass is 32.1. The molecule has 5 aliphatic carbocycles. The third-order valence-corrected chi connectivity index (χ3v) is 13.4. The van der Waals surface area contributed by atoms with Gasteiger partial charge in [0.2, 0.25) is 0 Å². The van der Waals surface area contributed by atoms with Gasteiger partial charge in [0.1, 0.15) is 0 Å². The van der Waals surface area contributed by atoms with Gasteiger partial charge in [-0.05, 0) is 57.7 Å². The van der Waals surface area contributed by atoms with Gasteiger partial charge in [-0.15, -0.1) is 22.7 Å². The van der Waals surface area contributed by atoms with Gasteiger partial charge in [0.15, 0.2) is 23.1 Å². The quantitative estimate of drug-likeness (QED) is 0.160. The molecule has 230 valence electrons. The van der Waals surface area contributed by atoms with E-state index in [0.717, 1.165) is 11.1 Å². The molecular weight excluding hydrogens is 621 g/mol. The standard InChI is InChI=1S/C41H30O4S2/c1-39(2)19(15-25-33(42)21-11-7-8-12-22(21)34(25)43)17-27-29(39)31-37(46-27)38-32(41(31,5)6)30-28(47-38)18-20(40(30,3)4)16-26-35(44)23-13-9-10-14-24(23)36(26)45/h7-18H,1-6H3. The summed E-state index contributed by atoms with van der Waals surface area (Å²) >= 11 is 3.60. The molecule has 4 aromatic rings. The summed E-state index contributed by atoms with van der Waals surface area (Å²) in [5.74, 6) is -0.810. The molecule has 2 heterocycles. The Kier molecular flexibility index (Phi) is 5.42. The average Bonchev–Trinajstić information content (AvgIpc) is 3.84. The van der Waals surface area contributed by atoms with Crippen LogP contribution in [0.25, 0.3) is 21.9 Å². The van der Waals surface area contributed by atoms with Crippen molar-refractivity contribution in [3.8, 4) is 9.75 Å². The maximum atomic E-state index is 13.3. The fraction of sp³-hybridized carbons (Fsp3) is 0.220. The van der Waals surface area contributed by atoms with Crippen molar-refractivity contribution in [2.75, 3.05) is 0 Å². The Morgan fingerprint density at radius 3 is 1.11 bits per heavy atom. The van der Waals surface area contributed by atoms with Crippen molar-refractivity contribution in [3.05, 3.63) is 137 Å². The largest absolute Gasteiger partial charge is 0.288 e. The van der Waals surface area contributed by atoms with Crippen LogP contribution in [0.5, 0.6) is 0 Å². The van der Waals surface area contributed by atoms with E-state index in [1.54, 1.807) is 71.2 Å². The van der Waals surface area contributed by atoms with E-state index >= 15 is 0 Å². The number of thiophene rings is 2. The van der Waals surface area contributed by atoms with Gasteiger partial charge in [0, 0.05) is 58.0 Å². The molecule has 2 aromatic carbocycles. The van der Waals surface area contributed by atoms with E-state index in [2.05, 4.69) is 53.7 Å². The highest BCUT2D eigenvalue weighted by Gasteiger charge is 2.52. The predicted octanol–water partition coefficient (Wildman–Crippen LogP) is 9.48. The van der Waals surface area contributed by atoms with Crippen LogP contribution in [0.3, 0.4) is 0 Å². The number of benzene rings is 2. The van der Waals surface area contributed by atoms with E-state index in [1.807, 2.05) is 12.2 Å². The molecule has 4 nitrogen and oxygen atoms in total. The average molecular weight is 651 g/mol. The van der Waals surface area contributed by atoms with Crippen LogP contribution in [0.4, 0.5) is 0 Å². The second-order valence-corrected chi connectivity index (χ2v) is 16.8. The molecular formula is C41H30O4S2. The van der Waals surface area contributed by atoms with Crippen molar-refractivity contribution >= 4 is 58.0 Å². The molecule has 0 radical (unpaired) electrons. The molecule has 47 heavy (non-hydrogen) atoms. The Bertz CT molecular complexity index is 2150. The zero-order valence-corrected chi connectivity index (χ0v) is 28.5. The van der Waals surface area contributed by atoms with Crippen LogP contribution in [-0.4, -0.2) is 23.1 Å². The van der Waals surface area contributed by atoms with Gasteiger partial charge < -0.3 is 0 Å². The maximum Gasteiger partial charge on any atom is 0.197 e. The maximum absolute atomic E-state index is 13.3. The minimum atomic E-state index is -0.405. The van der Waals surface area contributed by atoms with Gasteiger partial charge in [0.25, 0.3) is 0 Å². The molecule has 0 atom stereocenters. The minimum Gasteiger partial charge on any atom is -0.288 e. The second-order valence-electron chi connectivity index (χ2n) is 14.7. The zero-order chi connectivity index (χ0) is 32.9. The highest BCUT2D eigenvalue weighted by Crippen LogP contribution is 2.66. The van der Waals surface area contributed by atoms with Crippen molar-refractivity contribution in [1.82, 2.24) is 0 Å². The van der Waals surface area contributed by atoms with Gasteiger partial charge >= 0.3 is 0 Å². The molecule has 0 amide bonds. The van der Waals surface area contributed by atoms with Crippen molar-refractivity contribution in [3.63, 3.8) is 0 Å². The van der Waals surface area contributed by atoms with Gasteiger partial charge in [-0.1, -0.05) is 90.1 Å². The Hall–Kier alpha value is -4.52. The first-order chi connectivity index (χ1) is 22.2. The molecule has 5 aliphatic rings. The number of carbonyl (C=O) groups is 4. The second kappa shape index (κ2) is 8.88. The Labute approximate surface area is 280 Å². The summed E-state index contributed by atoms with van der Waals surface area (Å²) in [5.41, 5.74) is 8.43. The molecule has 0 unspecified atom stereocenters. The predicted molar refractivity (Wildman–Crippen MR) is 188 cm³/mol. The number of Topliss-reactive ketones (excluding diaryl/α,β-unsaturated/α-hetero) is 4. The molecule has 0 saturated carbocycles. The molecule has 6 heteroatoms. The molecule has 0 N–H and O–H groups in total. The first-order valence-electron chi connectivity index (χ1n) is 15.8. The fourth-order valence-electron chi connectivity index (χ4n) is 8.47. The SMILES string of the molecule is CC1(C)C(C=C2C(=O)c3ccccc3C2=O)=Cc2sc3c(c21)C(C)(C)c1c-3sc2c1C(C)(C)C(C=C1C(=O)c3ccccc3C1=O)=C2. The summed E-state index contributed by atoms with van der Waals surface area (Å²) < 4.78 is 0. The summed E-state index contributed by atoms with van der Waals surface area (Å²) in [6.45, 7) is 13.4. The van der Waals surface area contributed by atoms with Crippen LogP contribution < -0.4 is 0 Å². The lowest BCUT2D eigenvalue weighted by molar-refractivity contribution is 0.0973. The number of ketones is 4. The van der Waals surface area contributed by atoms with Crippen LogP contribution in [0.1, 0.15) is 115 Å². The third kappa shape index (κ3) is 3.42. The van der Waals surface area contributed by atoms with Crippen molar-refractivity contribution in [1.29, 1.82) is 0 Å². The van der Waals surface area contributed by atoms with Gasteiger partial charge in [0.05, 0.1) is 11.1 Å². The summed E-state index contributed by atoms with van der Waals surface area (Å²) in [6, 6.07) is 14.1. The van der Waals surface area contributed by atoms with E-state index in [0.29, 0.717) is 22.3 Å². The van der Waals surface area contributed by atoms with E-state index in [9.17, 15) is 19.2 Å². The number of hydrogen-bond acceptors (Lipinski definition) is 6. The molecule has 0 fully saturated rings. The fourth-order valence-corrected chi connectivity index (χ4v) is 11.8. The number of fused-ring (bicyclic) bond motifs is 9. The Balaban J connectivity index is 1.12. The van der Waals surface area contributed by atoms with Crippen LogP contribution in [0.2, 0.25) is 0 Å². The van der Waals surface area contributed by atoms with Crippen LogP contribution in [0.15, 0.2) is 83.0 Å². The lowest BCUT2D eigenvalue weighted by atomic mass is 9.70. The summed E-state index contributed by atoms with van der Waals surface area (Å²) in [7, 11) is 0. The van der Waals surface area contributed by atoms with Gasteiger partial charge in [-0.3, -0.25) is 19.2 Å². The van der Waals surface area contributed by atoms with E-state index in [1.165, 1.54) is 41.8 Å². The molecule has 0 saturated heterocycles. The monoisotopic (exact) mass is 650 g/mol. The van der Waals surface area contributed by atoms with Crippen LogP contribution in [0, 0.1) is 0 Å². The molecule has 0 aliphatic heterocycles. The lowest BCUT2D eigenvalue weighted by Crippen LogP contribution is -2.27. The number of rotatable bonds is 2. The smallest absolute Gasteiger partial charge is 0.197 e. The summed E-state index contributed by atoms with van der Waals surface area (Å²) in [5, 5.41) is 0. The summed E-state index contributed by atoms with van der Waals surface area (Å²) in [4.78, 5) is 58.0. The normalized spacial score (nSPS) is 20.1. The topological polar surface area (TPSA) is 68.3 Å². The van der Waals surface area contributed by atoms with E-state index < -0.39 is 10.8 Å². The molecule has 2 aromatic heterocycles. The van der Waals surface area contributed by atoms with Crippen molar-refractivity contribution in [2.24, 2.45) is 0 Å². The first kappa shape index (κ1) is 28.7. The first-order valence-corrected chi connectivity index (χ1v) is 17.5. The zero-order valence-electron chi connectivity index (χ0n) is 26.9. The third-order valence-electron chi connectivity index (χ3n) is 11.0. The van der Waals surface area contributed by atoms with Crippen molar-refractivity contribution < 1.29 is 19.2 Å². The summed E-state index contributed by atoms with van der Waals surface area (Å²) in [6.07, 6.45) is 8.01. The van der Waals surface area contributed by atoms with Gasteiger partial charge in [-0.2, -0.15) is 0 Å². The number of carbonyl (C=O) groups excluding carboxylic acids is 4. The molecule has 0 spiro atoms. The number of allylic oxidation sites excluding steroid dienone is 6.